The quantitative estimate of drug-likeness (QED) is 0.637. The molecule has 2 aliphatic rings. The van der Waals surface area contributed by atoms with Gasteiger partial charge >= 0.3 is 0 Å². The van der Waals surface area contributed by atoms with E-state index in [1.807, 2.05) is 30.9 Å². The lowest BCUT2D eigenvalue weighted by atomic mass is 10.1. The summed E-state index contributed by atoms with van der Waals surface area (Å²) in [5.41, 5.74) is 2.21. The summed E-state index contributed by atoms with van der Waals surface area (Å²) in [5, 5.41) is 3.36. The van der Waals surface area contributed by atoms with Gasteiger partial charge in [0.1, 0.15) is 11.7 Å². The van der Waals surface area contributed by atoms with Crippen molar-refractivity contribution < 1.29 is 14.3 Å². The molecule has 0 spiro atoms. The standard InChI is InChI=1S/C21H22N4O3/c1-13(2)28-17-7-6-15-19(20(17)27-3)24-18(25-10-9-23-21(15)25)11-16(26)14-5-4-8-22-12-14/h4-8,11-13,24H,9-10H2,1-3H3. The molecule has 0 unspecified atom stereocenters. The molecular weight excluding hydrogens is 356 g/mol. The second-order valence-corrected chi connectivity index (χ2v) is 6.80. The molecular formula is C21H22N4O3. The average molecular weight is 378 g/mol. The van der Waals surface area contributed by atoms with Crippen LogP contribution in [0.3, 0.4) is 0 Å². The van der Waals surface area contributed by atoms with Crippen molar-refractivity contribution in [3.63, 3.8) is 0 Å². The van der Waals surface area contributed by atoms with Crippen molar-refractivity contribution in [2.75, 3.05) is 25.5 Å². The van der Waals surface area contributed by atoms with Gasteiger partial charge in [0.05, 0.1) is 25.4 Å². The van der Waals surface area contributed by atoms with Crippen LogP contribution in [0.2, 0.25) is 0 Å². The number of amidine groups is 1. The van der Waals surface area contributed by atoms with Crippen LogP contribution in [0.4, 0.5) is 5.69 Å². The highest BCUT2D eigenvalue weighted by atomic mass is 16.5. The molecule has 3 heterocycles. The van der Waals surface area contributed by atoms with Crippen LogP contribution in [0.1, 0.15) is 29.8 Å². The van der Waals surface area contributed by atoms with Crippen LogP contribution in [0.5, 0.6) is 11.5 Å². The maximum Gasteiger partial charge on any atom is 0.191 e. The number of nitrogens with one attached hydrogen (secondary N) is 1. The number of rotatable bonds is 5. The predicted octanol–water partition coefficient (Wildman–Crippen LogP) is 3.09. The number of hydrogen-bond donors (Lipinski definition) is 1. The van der Waals surface area contributed by atoms with Gasteiger partial charge in [0, 0.05) is 36.1 Å². The van der Waals surface area contributed by atoms with Crippen LogP contribution in [-0.4, -0.2) is 47.8 Å². The number of aliphatic imine (C=N–C) groups is 1. The number of pyridine rings is 1. The molecule has 0 saturated heterocycles. The molecule has 0 amide bonds. The van der Waals surface area contributed by atoms with Crippen LogP contribution >= 0.6 is 0 Å². The third-order valence-electron chi connectivity index (χ3n) is 4.53. The molecule has 1 N–H and O–H groups in total. The Morgan fingerprint density at radius 3 is 2.89 bits per heavy atom. The van der Waals surface area contributed by atoms with Crippen molar-refractivity contribution in [1.29, 1.82) is 0 Å². The van der Waals surface area contributed by atoms with E-state index in [-0.39, 0.29) is 11.9 Å². The number of carbonyl (C=O) groups excluding carboxylic acids is 1. The number of nitrogens with zero attached hydrogens (tertiary/aromatic N) is 3. The zero-order valence-corrected chi connectivity index (χ0v) is 16.1. The zero-order chi connectivity index (χ0) is 19.7. The first-order valence-electron chi connectivity index (χ1n) is 9.21. The summed E-state index contributed by atoms with van der Waals surface area (Å²) in [6.07, 6.45) is 4.80. The van der Waals surface area contributed by atoms with Gasteiger partial charge in [-0.25, -0.2) is 0 Å². The van der Waals surface area contributed by atoms with Crippen LogP contribution in [-0.2, 0) is 0 Å². The Kier molecular flexibility index (Phi) is 4.73. The molecule has 7 heteroatoms. The summed E-state index contributed by atoms with van der Waals surface area (Å²) in [4.78, 5) is 23.4. The molecule has 2 aliphatic heterocycles. The lowest BCUT2D eigenvalue weighted by Gasteiger charge is -2.32. The molecule has 0 bridgehead atoms. The van der Waals surface area contributed by atoms with Crippen molar-refractivity contribution in [1.82, 2.24) is 9.88 Å². The van der Waals surface area contributed by atoms with E-state index >= 15 is 0 Å². The molecule has 0 aliphatic carbocycles. The smallest absolute Gasteiger partial charge is 0.191 e. The number of hydrogen-bond acceptors (Lipinski definition) is 7. The molecule has 4 rings (SSSR count). The number of benzene rings is 1. The SMILES string of the molecule is COc1c(OC(C)C)ccc2c1NC(=CC(=O)c1cccnc1)N1CCN=C21. The first kappa shape index (κ1) is 18.0. The van der Waals surface area contributed by atoms with E-state index in [2.05, 4.69) is 15.3 Å². The summed E-state index contributed by atoms with van der Waals surface area (Å²) >= 11 is 0. The predicted molar refractivity (Wildman–Crippen MR) is 107 cm³/mol. The lowest BCUT2D eigenvalue weighted by molar-refractivity contribution is 0.104. The van der Waals surface area contributed by atoms with Gasteiger partial charge in [-0.1, -0.05) is 0 Å². The third-order valence-corrected chi connectivity index (χ3v) is 4.53. The molecule has 28 heavy (non-hydrogen) atoms. The minimum Gasteiger partial charge on any atom is -0.491 e. The second-order valence-electron chi connectivity index (χ2n) is 6.80. The van der Waals surface area contributed by atoms with Gasteiger partial charge < -0.3 is 19.7 Å². The molecule has 7 nitrogen and oxygen atoms in total. The topological polar surface area (TPSA) is 76.1 Å². The minimum atomic E-state index is -0.126. The number of anilines is 1. The van der Waals surface area contributed by atoms with Crippen molar-refractivity contribution in [3.05, 3.63) is 59.7 Å². The Morgan fingerprint density at radius 1 is 1.32 bits per heavy atom. The zero-order valence-electron chi connectivity index (χ0n) is 16.1. The van der Waals surface area contributed by atoms with Crippen LogP contribution < -0.4 is 14.8 Å². The maximum absolute atomic E-state index is 12.7. The van der Waals surface area contributed by atoms with E-state index in [4.69, 9.17) is 9.47 Å². The van der Waals surface area contributed by atoms with Gasteiger partial charge in [-0.3, -0.25) is 14.8 Å². The van der Waals surface area contributed by atoms with Crippen molar-refractivity contribution >= 4 is 17.3 Å². The first-order valence-corrected chi connectivity index (χ1v) is 9.21. The molecule has 0 radical (unpaired) electrons. The average Bonchev–Trinajstić information content (AvgIpc) is 3.18. The molecule has 144 valence electrons. The summed E-state index contributed by atoms with van der Waals surface area (Å²) < 4.78 is 11.5. The largest absolute Gasteiger partial charge is 0.491 e. The highest BCUT2D eigenvalue weighted by Crippen LogP contribution is 2.43. The van der Waals surface area contributed by atoms with Gasteiger partial charge in [-0.15, -0.1) is 0 Å². The molecule has 2 aromatic rings. The highest BCUT2D eigenvalue weighted by molar-refractivity contribution is 6.11. The summed E-state index contributed by atoms with van der Waals surface area (Å²) in [6.45, 7) is 5.31. The minimum absolute atomic E-state index is 0.0121. The van der Waals surface area contributed by atoms with Gasteiger partial charge in [-0.05, 0) is 38.1 Å². The third kappa shape index (κ3) is 3.19. The fraction of sp³-hybridized carbons (Fsp3) is 0.286. The number of methoxy groups -OCH3 is 1. The van der Waals surface area contributed by atoms with Gasteiger partial charge in [0.2, 0.25) is 0 Å². The first-order chi connectivity index (χ1) is 13.6. The van der Waals surface area contributed by atoms with Gasteiger partial charge in [-0.2, -0.15) is 0 Å². The molecule has 0 fully saturated rings. The number of fused-ring (bicyclic) bond motifs is 3. The number of aromatic nitrogens is 1. The van der Waals surface area contributed by atoms with E-state index in [1.165, 1.54) is 0 Å². The fourth-order valence-corrected chi connectivity index (χ4v) is 3.36. The Balaban J connectivity index is 1.77. The van der Waals surface area contributed by atoms with E-state index < -0.39 is 0 Å². The molecule has 0 atom stereocenters. The Bertz CT molecular complexity index is 967. The molecule has 0 saturated carbocycles. The number of ether oxygens (including phenoxy) is 2. The van der Waals surface area contributed by atoms with Gasteiger partial charge in [0.25, 0.3) is 0 Å². The molecule has 1 aromatic carbocycles. The lowest BCUT2D eigenvalue weighted by Crippen LogP contribution is -2.36. The van der Waals surface area contributed by atoms with E-state index in [9.17, 15) is 4.79 Å². The summed E-state index contributed by atoms with van der Waals surface area (Å²) in [6, 6.07) is 7.36. The number of carbonyl (C=O) groups is 1. The fourth-order valence-electron chi connectivity index (χ4n) is 3.36. The normalized spacial score (nSPS) is 16.4. The van der Waals surface area contributed by atoms with Crippen molar-refractivity contribution in [2.24, 2.45) is 4.99 Å². The van der Waals surface area contributed by atoms with Crippen molar-refractivity contribution in [3.8, 4) is 11.5 Å². The highest BCUT2D eigenvalue weighted by Gasteiger charge is 2.33. The van der Waals surface area contributed by atoms with E-state index in [0.717, 1.165) is 17.1 Å². The monoisotopic (exact) mass is 378 g/mol. The van der Waals surface area contributed by atoms with Crippen molar-refractivity contribution in [2.45, 2.75) is 20.0 Å². The van der Waals surface area contributed by atoms with Crippen LogP contribution in [0, 0.1) is 0 Å². The van der Waals surface area contributed by atoms with Gasteiger partial charge in [0.15, 0.2) is 17.3 Å². The van der Waals surface area contributed by atoms with Crippen LogP contribution in [0.15, 0.2) is 53.5 Å². The maximum atomic E-state index is 12.7. The Hall–Kier alpha value is -3.35. The number of allylic oxidation sites excluding steroid dienone is 1. The van der Waals surface area contributed by atoms with E-state index in [1.54, 1.807) is 37.7 Å². The van der Waals surface area contributed by atoms with Crippen LogP contribution in [0.25, 0.3) is 0 Å². The Labute approximate surface area is 163 Å². The Morgan fingerprint density at radius 2 is 2.18 bits per heavy atom. The molecule has 1 aromatic heterocycles. The summed E-state index contributed by atoms with van der Waals surface area (Å²) in [7, 11) is 1.61. The summed E-state index contributed by atoms with van der Waals surface area (Å²) in [5.74, 6) is 2.61. The number of ketones is 1. The second kappa shape index (κ2) is 7.34. The van der Waals surface area contributed by atoms with E-state index in [0.29, 0.717) is 36.0 Å².